The molecule has 0 saturated carbocycles. The van der Waals surface area contributed by atoms with Crippen molar-refractivity contribution in [3.8, 4) is 0 Å². The molecule has 0 aromatic heterocycles. The SMILES string of the molecule is CNC(C)(CO)CN(C)C1CCOC1C. The van der Waals surface area contributed by atoms with Crippen LogP contribution in [0.5, 0.6) is 0 Å². The molecule has 1 saturated heterocycles. The summed E-state index contributed by atoms with van der Waals surface area (Å²) < 4.78 is 5.54. The Bertz CT molecular complexity index is 195. The van der Waals surface area contributed by atoms with E-state index in [-0.39, 0.29) is 12.1 Å². The van der Waals surface area contributed by atoms with E-state index in [1.54, 1.807) is 0 Å². The van der Waals surface area contributed by atoms with Crippen molar-refractivity contribution in [2.45, 2.75) is 38.0 Å². The van der Waals surface area contributed by atoms with Crippen molar-refractivity contribution in [2.75, 3.05) is 33.9 Å². The summed E-state index contributed by atoms with van der Waals surface area (Å²) in [6.07, 6.45) is 1.39. The summed E-state index contributed by atoms with van der Waals surface area (Å²) in [5, 5.41) is 12.5. The molecular weight excluding hydrogens is 192 g/mol. The van der Waals surface area contributed by atoms with Crippen molar-refractivity contribution in [1.29, 1.82) is 0 Å². The van der Waals surface area contributed by atoms with Crippen LogP contribution in [0.4, 0.5) is 0 Å². The zero-order valence-corrected chi connectivity index (χ0v) is 10.3. The second-order valence-corrected chi connectivity index (χ2v) is 4.82. The van der Waals surface area contributed by atoms with Crippen molar-refractivity contribution >= 4 is 0 Å². The fraction of sp³-hybridized carbons (Fsp3) is 1.00. The van der Waals surface area contributed by atoms with E-state index >= 15 is 0 Å². The zero-order valence-electron chi connectivity index (χ0n) is 10.3. The van der Waals surface area contributed by atoms with Gasteiger partial charge in [-0.3, -0.25) is 4.90 Å². The highest BCUT2D eigenvalue weighted by Gasteiger charge is 2.32. The van der Waals surface area contributed by atoms with Gasteiger partial charge in [-0.2, -0.15) is 0 Å². The Morgan fingerprint density at radius 3 is 2.67 bits per heavy atom. The molecule has 4 nitrogen and oxygen atoms in total. The first kappa shape index (κ1) is 12.9. The number of rotatable bonds is 5. The summed E-state index contributed by atoms with van der Waals surface area (Å²) >= 11 is 0. The summed E-state index contributed by atoms with van der Waals surface area (Å²) in [7, 11) is 3.99. The summed E-state index contributed by atoms with van der Waals surface area (Å²) in [5.41, 5.74) is -0.225. The molecule has 0 aromatic rings. The van der Waals surface area contributed by atoms with Gasteiger partial charge in [-0.05, 0) is 34.4 Å². The van der Waals surface area contributed by atoms with E-state index in [1.807, 2.05) is 14.0 Å². The standard InChI is InChI=1S/C11H24N2O2/c1-9-10(5-6-15-9)13(4)7-11(2,8-14)12-3/h9-10,12,14H,5-8H2,1-4H3. The molecule has 0 spiro atoms. The zero-order chi connectivity index (χ0) is 11.5. The number of ether oxygens (including phenoxy) is 1. The van der Waals surface area contributed by atoms with E-state index < -0.39 is 0 Å². The van der Waals surface area contributed by atoms with Crippen LogP contribution in [-0.2, 0) is 4.74 Å². The van der Waals surface area contributed by atoms with Crippen molar-refractivity contribution in [1.82, 2.24) is 10.2 Å². The van der Waals surface area contributed by atoms with Crippen LogP contribution in [0.2, 0.25) is 0 Å². The fourth-order valence-corrected chi connectivity index (χ4v) is 2.18. The van der Waals surface area contributed by atoms with E-state index in [1.165, 1.54) is 0 Å². The predicted octanol–water partition coefficient (Wildman–Crippen LogP) is 0.0660. The van der Waals surface area contributed by atoms with Gasteiger partial charge < -0.3 is 15.2 Å². The molecule has 4 heteroatoms. The minimum absolute atomic E-state index is 0.149. The Kier molecular flexibility index (Phi) is 4.52. The molecule has 0 radical (unpaired) electrons. The number of nitrogens with one attached hydrogen (secondary N) is 1. The van der Waals surface area contributed by atoms with Crippen molar-refractivity contribution in [2.24, 2.45) is 0 Å². The Morgan fingerprint density at radius 2 is 2.27 bits per heavy atom. The van der Waals surface area contributed by atoms with Gasteiger partial charge in [-0.1, -0.05) is 0 Å². The summed E-state index contributed by atoms with van der Waals surface area (Å²) in [6, 6.07) is 0.476. The van der Waals surface area contributed by atoms with Crippen LogP contribution in [0.3, 0.4) is 0 Å². The van der Waals surface area contributed by atoms with E-state index in [4.69, 9.17) is 4.74 Å². The number of nitrogens with zero attached hydrogens (tertiary/aromatic N) is 1. The lowest BCUT2D eigenvalue weighted by Crippen LogP contribution is -2.54. The highest BCUT2D eigenvalue weighted by molar-refractivity contribution is 4.89. The van der Waals surface area contributed by atoms with Gasteiger partial charge in [0.15, 0.2) is 0 Å². The van der Waals surface area contributed by atoms with E-state index in [9.17, 15) is 5.11 Å². The molecule has 1 rings (SSSR count). The lowest BCUT2D eigenvalue weighted by molar-refractivity contribution is 0.0634. The molecule has 0 bridgehead atoms. The molecule has 1 aliphatic rings. The largest absolute Gasteiger partial charge is 0.394 e. The lowest BCUT2D eigenvalue weighted by Gasteiger charge is -2.35. The molecule has 90 valence electrons. The highest BCUT2D eigenvalue weighted by Crippen LogP contribution is 2.19. The molecule has 1 heterocycles. The maximum absolute atomic E-state index is 9.32. The second-order valence-electron chi connectivity index (χ2n) is 4.82. The third-order valence-corrected chi connectivity index (χ3v) is 3.45. The van der Waals surface area contributed by atoms with Crippen LogP contribution < -0.4 is 5.32 Å². The highest BCUT2D eigenvalue weighted by atomic mass is 16.5. The van der Waals surface area contributed by atoms with Gasteiger partial charge >= 0.3 is 0 Å². The third-order valence-electron chi connectivity index (χ3n) is 3.45. The van der Waals surface area contributed by atoms with Gasteiger partial charge in [0.25, 0.3) is 0 Å². The third kappa shape index (κ3) is 3.14. The average molecular weight is 216 g/mol. The van der Waals surface area contributed by atoms with Gasteiger partial charge in [-0.15, -0.1) is 0 Å². The maximum atomic E-state index is 9.32. The van der Waals surface area contributed by atoms with Crippen molar-refractivity contribution in [3.05, 3.63) is 0 Å². The topological polar surface area (TPSA) is 44.7 Å². The smallest absolute Gasteiger partial charge is 0.0702 e. The van der Waals surface area contributed by atoms with Crippen molar-refractivity contribution < 1.29 is 9.84 Å². The van der Waals surface area contributed by atoms with E-state index in [0.717, 1.165) is 19.6 Å². The van der Waals surface area contributed by atoms with Gasteiger partial charge in [0.2, 0.25) is 0 Å². The molecule has 3 unspecified atom stereocenters. The molecule has 1 aliphatic heterocycles. The van der Waals surface area contributed by atoms with Gasteiger partial charge in [0.05, 0.1) is 18.2 Å². The van der Waals surface area contributed by atoms with Gasteiger partial charge in [-0.25, -0.2) is 0 Å². The minimum Gasteiger partial charge on any atom is -0.394 e. The van der Waals surface area contributed by atoms with Crippen LogP contribution >= 0.6 is 0 Å². The summed E-state index contributed by atoms with van der Waals surface area (Å²) in [4.78, 5) is 2.28. The molecule has 0 amide bonds. The predicted molar refractivity (Wildman–Crippen MR) is 61.0 cm³/mol. The number of aliphatic hydroxyl groups is 1. The molecule has 15 heavy (non-hydrogen) atoms. The number of likely N-dealkylation sites (N-methyl/N-ethyl adjacent to an activating group) is 2. The first-order valence-electron chi connectivity index (χ1n) is 5.64. The van der Waals surface area contributed by atoms with Crippen LogP contribution in [0.25, 0.3) is 0 Å². The van der Waals surface area contributed by atoms with Crippen molar-refractivity contribution in [3.63, 3.8) is 0 Å². The summed E-state index contributed by atoms with van der Waals surface area (Å²) in [5.74, 6) is 0. The quantitative estimate of drug-likeness (QED) is 0.682. The van der Waals surface area contributed by atoms with Crippen LogP contribution in [0, 0.1) is 0 Å². The van der Waals surface area contributed by atoms with Gasteiger partial charge in [0, 0.05) is 19.2 Å². The van der Waals surface area contributed by atoms with Crippen LogP contribution in [-0.4, -0.2) is 61.5 Å². The van der Waals surface area contributed by atoms with E-state index in [0.29, 0.717) is 12.1 Å². The molecule has 3 atom stereocenters. The Labute approximate surface area is 92.6 Å². The van der Waals surface area contributed by atoms with E-state index in [2.05, 4.69) is 24.2 Å². The Morgan fingerprint density at radius 1 is 1.60 bits per heavy atom. The van der Waals surface area contributed by atoms with Crippen LogP contribution in [0.1, 0.15) is 20.3 Å². The monoisotopic (exact) mass is 216 g/mol. The fourth-order valence-electron chi connectivity index (χ4n) is 2.18. The normalized spacial score (nSPS) is 30.8. The first-order chi connectivity index (χ1) is 7.02. The van der Waals surface area contributed by atoms with Gasteiger partial charge in [0.1, 0.15) is 0 Å². The minimum atomic E-state index is -0.225. The second kappa shape index (κ2) is 5.25. The van der Waals surface area contributed by atoms with Crippen LogP contribution in [0.15, 0.2) is 0 Å². The molecular formula is C11H24N2O2. The molecule has 0 aromatic carbocycles. The molecule has 1 fully saturated rings. The molecule has 0 aliphatic carbocycles. The number of hydrogen-bond acceptors (Lipinski definition) is 4. The summed E-state index contributed by atoms with van der Waals surface area (Å²) in [6.45, 7) is 5.98. The Hall–Kier alpha value is -0.160. The average Bonchev–Trinajstić information content (AvgIpc) is 2.64. The number of hydrogen-bond donors (Lipinski definition) is 2. The first-order valence-corrected chi connectivity index (χ1v) is 5.64. The lowest BCUT2D eigenvalue weighted by atomic mass is 10.0. The Balaban J connectivity index is 2.50. The number of aliphatic hydroxyl groups excluding tert-OH is 1. The molecule has 2 N–H and O–H groups in total. The maximum Gasteiger partial charge on any atom is 0.0702 e.